The van der Waals surface area contributed by atoms with Crippen molar-refractivity contribution in [1.29, 1.82) is 0 Å². The first-order valence-electron chi connectivity index (χ1n) is 21.3. The summed E-state index contributed by atoms with van der Waals surface area (Å²) in [7, 11) is 0. The van der Waals surface area contributed by atoms with E-state index in [4.69, 9.17) is 4.74 Å². The van der Waals surface area contributed by atoms with Crippen molar-refractivity contribution in [2.24, 2.45) is 39.9 Å². The van der Waals surface area contributed by atoms with Gasteiger partial charge in [0.15, 0.2) is 0 Å². The average molecular weight is 785 g/mol. The molecule has 13 heteroatoms. The first-order chi connectivity index (χ1) is 27.2. The number of carboxylic acid groups (broad SMARTS) is 1. The van der Waals surface area contributed by atoms with Gasteiger partial charge >= 0.3 is 5.97 Å². The molecule has 4 heterocycles. The molecular formula is C44H60N6O7. The Hall–Kier alpha value is -4.26. The van der Waals surface area contributed by atoms with E-state index in [1.54, 1.807) is 26.9 Å². The zero-order chi connectivity index (χ0) is 40.1. The van der Waals surface area contributed by atoms with E-state index < -0.39 is 35.4 Å². The van der Waals surface area contributed by atoms with Crippen molar-refractivity contribution < 1.29 is 33.8 Å². The number of ether oxygens (including phenoxy) is 1. The fraction of sp³-hybridized carbons (Fsp3) is 0.682. The number of hydrogen-bond acceptors (Lipinski definition) is 7. The molecule has 6 aliphatic rings. The number of benzene rings is 1. The van der Waals surface area contributed by atoms with Gasteiger partial charge in [-0.2, -0.15) is 5.10 Å². The molecule has 4 amide bonds. The number of likely N-dealkylation sites (tertiary alicyclic amines) is 3. The van der Waals surface area contributed by atoms with Crippen LogP contribution in [-0.4, -0.2) is 117 Å². The highest BCUT2D eigenvalue weighted by molar-refractivity contribution is 5.96. The second-order valence-corrected chi connectivity index (χ2v) is 19.2. The van der Waals surface area contributed by atoms with E-state index in [1.165, 1.54) is 32.1 Å². The molecule has 1 aromatic carbocycles. The average Bonchev–Trinajstić information content (AvgIpc) is 3.47. The van der Waals surface area contributed by atoms with Crippen LogP contribution in [0.3, 0.4) is 0 Å². The minimum Gasteiger partial charge on any atom is -0.481 e. The molecule has 57 heavy (non-hydrogen) atoms. The summed E-state index contributed by atoms with van der Waals surface area (Å²) in [6.45, 7) is 8.84. The predicted molar refractivity (Wildman–Crippen MR) is 211 cm³/mol. The third-order valence-corrected chi connectivity index (χ3v) is 14.8. The van der Waals surface area contributed by atoms with Crippen LogP contribution in [0.5, 0.6) is 0 Å². The lowest BCUT2D eigenvalue weighted by atomic mass is 9.59. The number of aromatic nitrogens is 2. The van der Waals surface area contributed by atoms with E-state index in [2.05, 4.69) is 24.3 Å². The fourth-order valence-corrected chi connectivity index (χ4v) is 10.5. The minimum atomic E-state index is -0.983. The van der Waals surface area contributed by atoms with Crippen LogP contribution in [0.4, 0.5) is 0 Å². The van der Waals surface area contributed by atoms with Gasteiger partial charge in [0.05, 0.1) is 36.2 Å². The topological polar surface area (TPSA) is 154 Å². The molecule has 0 bridgehead atoms. The third-order valence-electron chi connectivity index (χ3n) is 14.8. The van der Waals surface area contributed by atoms with Gasteiger partial charge in [-0.25, -0.2) is 0 Å². The van der Waals surface area contributed by atoms with Gasteiger partial charge in [0, 0.05) is 63.4 Å². The van der Waals surface area contributed by atoms with E-state index in [9.17, 15) is 29.1 Å². The maximum Gasteiger partial charge on any atom is 0.306 e. The molecule has 8 rings (SSSR count). The highest BCUT2D eigenvalue weighted by Gasteiger charge is 2.62. The summed E-state index contributed by atoms with van der Waals surface area (Å²) < 4.78 is 8.20. The van der Waals surface area contributed by atoms with Gasteiger partial charge in [0.25, 0.3) is 5.91 Å². The molecule has 3 aliphatic carbocycles. The highest BCUT2D eigenvalue weighted by atomic mass is 16.5. The maximum absolute atomic E-state index is 14.7. The lowest BCUT2D eigenvalue weighted by Crippen LogP contribution is -2.65. The molecule has 6 fully saturated rings. The van der Waals surface area contributed by atoms with E-state index in [0.717, 1.165) is 24.8 Å². The summed E-state index contributed by atoms with van der Waals surface area (Å²) in [5, 5.41) is 17.2. The standard InChI is InChI=1S/C44H60N6O7/c1-29(57-25-31-10-16-43(17-11-31)14-7-15-43)36(40(54)47-18-12-32(13-19-47)41(55)56)46-37(51)35-24-48(26-44(35)27-49(28-44)39(53)34-20-42(34,2)3)38(52)33-21-45-50(23-33)22-30-8-5-4-6-9-30/h4-6,8-9,21,23,29,31-32,34-36H,7,10-20,22,24-28H2,1-3H3,(H,46,51)(H,55,56)/t29-,34-,35+,36+/m1/s1. The smallest absolute Gasteiger partial charge is 0.306 e. The molecule has 2 spiro atoms. The number of amides is 4. The van der Waals surface area contributed by atoms with Crippen molar-refractivity contribution in [3.63, 3.8) is 0 Å². The van der Waals surface area contributed by atoms with Crippen LogP contribution < -0.4 is 5.32 Å². The van der Waals surface area contributed by atoms with Gasteiger partial charge in [-0.3, -0.25) is 28.7 Å². The molecule has 3 saturated carbocycles. The Kier molecular flexibility index (Phi) is 10.7. The van der Waals surface area contributed by atoms with E-state index in [0.29, 0.717) is 75.6 Å². The molecule has 2 aromatic rings. The lowest BCUT2D eigenvalue weighted by Gasteiger charge is -2.50. The summed E-state index contributed by atoms with van der Waals surface area (Å²) in [6.07, 6.45) is 12.8. The highest BCUT2D eigenvalue weighted by Crippen LogP contribution is 2.55. The molecule has 2 N–H and O–H groups in total. The molecule has 1 aromatic heterocycles. The number of nitrogens with zero attached hydrogens (tertiary/aromatic N) is 5. The Balaban J connectivity index is 0.985. The van der Waals surface area contributed by atoms with Crippen LogP contribution in [0.15, 0.2) is 42.7 Å². The number of carbonyl (C=O) groups excluding carboxylic acids is 4. The summed E-state index contributed by atoms with van der Waals surface area (Å²) >= 11 is 0. The van der Waals surface area contributed by atoms with E-state index in [-0.39, 0.29) is 41.5 Å². The van der Waals surface area contributed by atoms with Crippen molar-refractivity contribution in [3.05, 3.63) is 53.9 Å². The Labute approximate surface area is 335 Å². The molecule has 0 unspecified atom stereocenters. The number of piperidine rings is 1. The van der Waals surface area contributed by atoms with Crippen LogP contribution in [0.25, 0.3) is 0 Å². The van der Waals surface area contributed by atoms with Gasteiger partial charge in [0.1, 0.15) is 6.04 Å². The van der Waals surface area contributed by atoms with Crippen molar-refractivity contribution >= 4 is 29.6 Å². The van der Waals surface area contributed by atoms with Crippen molar-refractivity contribution in [1.82, 2.24) is 29.8 Å². The van der Waals surface area contributed by atoms with Crippen LogP contribution in [0.2, 0.25) is 0 Å². The number of carboxylic acids is 1. The zero-order valence-corrected chi connectivity index (χ0v) is 33.9. The molecule has 308 valence electrons. The number of carbonyl (C=O) groups is 5. The second-order valence-electron chi connectivity index (χ2n) is 19.2. The van der Waals surface area contributed by atoms with Gasteiger partial charge < -0.3 is 29.9 Å². The van der Waals surface area contributed by atoms with Gasteiger partial charge in [-0.1, -0.05) is 50.6 Å². The Morgan fingerprint density at radius 1 is 0.912 bits per heavy atom. The molecule has 3 saturated heterocycles. The van der Waals surface area contributed by atoms with Crippen LogP contribution in [-0.2, 0) is 30.5 Å². The number of hydrogen-bond donors (Lipinski definition) is 2. The molecule has 3 aliphatic heterocycles. The van der Waals surface area contributed by atoms with Crippen molar-refractivity contribution in [3.8, 4) is 0 Å². The Morgan fingerprint density at radius 3 is 2.19 bits per heavy atom. The van der Waals surface area contributed by atoms with Gasteiger partial charge in [-0.05, 0) is 87.0 Å². The molecule has 4 atom stereocenters. The van der Waals surface area contributed by atoms with E-state index >= 15 is 0 Å². The van der Waals surface area contributed by atoms with Gasteiger partial charge in [0.2, 0.25) is 17.7 Å². The maximum atomic E-state index is 14.7. The minimum absolute atomic E-state index is 0.0346. The predicted octanol–water partition coefficient (Wildman–Crippen LogP) is 4.45. The number of nitrogens with one attached hydrogen (secondary N) is 1. The SMILES string of the molecule is C[C@@H](OCC1CCC2(CCC2)CC1)[C@H](NC(=O)[C@@H]1CN(C(=O)c2cnn(Cc3ccccc3)c2)CC12CN(C(=O)[C@H]1CC1(C)C)C2)C(=O)N1CCC(C(=O)O)CC1. The summed E-state index contributed by atoms with van der Waals surface area (Å²) in [5.41, 5.74) is 1.32. The van der Waals surface area contributed by atoms with Crippen molar-refractivity contribution in [2.45, 2.75) is 104 Å². The second kappa shape index (κ2) is 15.5. The number of rotatable bonds is 12. The van der Waals surface area contributed by atoms with Crippen LogP contribution in [0, 0.1) is 39.9 Å². The first kappa shape index (κ1) is 39.6. The third kappa shape index (κ3) is 8.10. The van der Waals surface area contributed by atoms with Crippen molar-refractivity contribution in [2.75, 3.05) is 45.9 Å². The Morgan fingerprint density at radius 2 is 1.58 bits per heavy atom. The number of aliphatic carboxylic acids is 1. The summed E-state index contributed by atoms with van der Waals surface area (Å²) in [6, 6.07) is 8.90. The monoisotopic (exact) mass is 784 g/mol. The lowest BCUT2D eigenvalue weighted by molar-refractivity contribution is -0.153. The molecule has 0 radical (unpaired) electrons. The quantitative estimate of drug-likeness (QED) is 0.320. The molecule has 13 nitrogen and oxygen atoms in total. The normalized spacial score (nSPS) is 26.1. The van der Waals surface area contributed by atoms with Crippen LogP contribution in [0.1, 0.15) is 101 Å². The molecular weight excluding hydrogens is 725 g/mol. The fourth-order valence-electron chi connectivity index (χ4n) is 10.5. The first-order valence-corrected chi connectivity index (χ1v) is 21.3. The van der Waals surface area contributed by atoms with Gasteiger partial charge in [-0.15, -0.1) is 0 Å². The van der Waals surface area contributed by atoms with E-state index in [1.807, 2.05) is 42.2 Å². The summed E-state index contributed by atoms with van der Waals surface area (Å²) in [4.78, 5) is 73.5. The zero-order valence-electron chi connectivity index (χ0n) is 33.9. The van der Waals surface area contributed by atoms with Crippen LogP contribution >= 0.6 is 0 Å². The largest absolute Gasteiger partial charge is 0.481 e. The Bertz CT molecular complexity index is 1830. The summed E-state index contributed by atoms with van der Waals surface area (Å²) in [5.74, 6) is -2.37.